The summed E-state index contributed by atoms with van der Waals surface area (Å²) in [4.78, 5) is 18.8. The van der Waals surface area contributed by atoms with Gasteiger partial charge in [-0.1, -0.05) is 0 Å². The Morgan fingerprint density at radius 1 is 1.23 bits per heavy atom. The Morgan fingerprint density at radius 3 is 2.81 bits per heavy atom. The van der Waals surface area contributed by atoms with Gasteiger partial charge in [-0.25, -0.2) is 19.3 Å². The summed E-state index contributed by atoms with van der Waals surface area (Å²) in [6.07, 6.45) is 2.05. The molecule has 7 heteroatoms. The molecule has 2 heterocycles. The third kappa shape index (κ3) is 3.39. The van der Waals surface area contributed by atoms with Crippen LogP contribution in [0.15, 0.2) is 24.3 Å². The number of hydrogen-bond acceptors (Lipinski definition) is 5. The van der Waals surface area contributed by atoms with Gasteiger partial charge in [-0.3, -0.25) is 0 Å². The molecule has 1 aliphatic rings. The molecule has 6 nitrogen and oxygen atoms in total. The maximum atomic E-state index is 13.3. The van der Waals surface area contributed by atoms with Crippen LogP contribution in [0.25, 0.3) is 11.0 Å². The highest BCUT2D eigenvalue weighted by molar-refractivity contribution is 5.74. The van der Waals surface area contributed by atoms with Gasteiger partial charge in [0.25, 0.3) is 0 Å². The molecule has 0 aliphatic heterocycles. The number of aliphatic hydroxyl groups excluding tert-OH is 1. The quantitative estimate of drug-likeness (QED) is 0.736. The number of likely N-dealkylation sites (N-methyl/N-ethyl adjacent to an activating group) is 1. The van der Waals surface area contributed by atoms with E-state index in [1.165, 1.54) is 12.1 Å². The minimum absolute atomic E-state index is 0.200. The van der Waals surface area contributed by atoms with Gasteiger partial charge in [0.2, 0.25) is 0 Å². The second kappa shape index (κ2) is 6.64. The van der Waals surface area contributed by atoms with Crippen molar-refractivity contribution in [2.75, 3.05) is 18.5 Å². The van der Waals surface area contributed by atoms with Crippen LogP contribution in [0.4, 0.5) is 10.2 Å². The summed E-state index contributed by atoms with van der Waals surface area (Å²) in [5, 5.41) is 9.53. The molecular weight excluding hydrogens is 333 g/mol. The lowest BCUT2D eigenvalue weighted by molar-refractivity contribution is 0.0731. The number of anilines is 1. The number of fused-ring (bicyclic) bond motifs is 1. The van der Waals surface area contributed by atoms with Crippen LogP contribution in [0.2, 0.25) is 0 Å². The highest BCUT2D eigenvalue weighted by Gasteiger charge is 2.30. The van der Waals surface area contributed by atoms with Crippen molar-refractivity contribution in [1.82, 2.24) is 19.9 Å². The Morgan fingerprint density at radius 2 is 2.04 bits per heavy atom. The van der Waals surface area contributed by atoms with E-state index in [4.69, 9.17) is 0 Å². The molecule has 0 radical (unpaired) electrons. The summed E-state index contributed by atoms with van der Waals surface area (Å²) in [5.74, 6) is 2.49. The van der Waals surface area contributed by atoms with Gasteiger partial charge in [-0.2, -0.15) is 0 Å². The van der Waals surface area contributed by atoms with E-state index in [2.05, 4.69) is 24.8 Å². The summed E-state index contributed by atoms with van der Waals surface area (Å²) in [6, 6.07) is 6.57. The molecule has 0 amide bonds. The van der Waals surface area contributed by atoms with E-state index >= 15 is 0 Å². The first-order valence-corrected chi connectivity index (χ1v) is 8.87. The Hall–Kier alpha value is -2.54. The van der Waals surface area contributed by atoms with Gasteiger partial charge in [-0.05, 0) is 38.0 Å². The van der Waals surface area contributed by atoms with Crippen LogP contribution in [-0.2, 0) is 6.42 Å². The maximum absolute atomic E-state index is 13.3. The van der Waals surface area contributed by atoms with Gasteiger partial charge in [0.05, 0.1) is 17.1 Å². The number of rotatable bonds is 5. The summed E-state index contributed by atoms with van der Waals surface area (Å²) in [6.45, 7) is 2.62. The normalized spacial score (nSPS) is 19.5. The molecule has 0 atom stereocenters. The molecule has 1 aromatic carbocycles. The highest BCUT2D eigenvalue weighted by Crippen LogP contribution is 2.36. The number of benzene rings is 1. The standard InChI is InChI=1S/C19H22FN5O/c1-11-21-16(12-7-14(26)8-12)10-19(22-11)25(2)6-5-18-23-15-4-3-13(20)9-17(15)24-18/h3-4,9-10,12,14,26H,5-8H2,1-2H3,(H,23,24). The smallest absolute Gasteiger partial charge is 0.132 e. The van der Waals surface area contributed by atoms with Gasteiger partial charge in [0.15, 0.2) is 0 Å². The fraction of sp³-hybridized carbons (Fsp3) is 0.421. The predicted molar refractivity (Wildman–Crippen MR) is 97.8 cm³/mol. The Bertz CT molecular complexity index is 935. The highest BCUT2D eigenvalue weighted by atomic mass is 19.1. The number of aromatic amines is 1. The molecule has 0 bridgehead atoms. The molecular formula is C19H22FN5O. The van der Waals surface area contributed by atoms with Crippen molar-refractivity contribution in [1.29, 1.82) is 0 Å². The van der Waals surface area contributed by atoms with Crippen molar-refractivity contribution in [2.24, 2.45) is 0 Å². The molecule has 2 aromatic heterocycles. The van der Waals surface area contributed by atoms with Crippen LogP contribution in [-0.4, -0.2) is 44.7 Å². The van der Waals surface area contributed by atoms with Crippen LogP contribution in [0.3, 0.4) is 0 Å². The molecule has 0 saturated heterocycles. The van der Waals surface area contributed by atoms with Gasteiger partial charge in [0.1, 0.15) is 23.3 Å². The molecule has 1 fully saturated rings. The van der Waals surface area contributed by atoms with Crippen molar-refractivity contribution in [3.8, 4) is 0 Å². The van der Waals surface area contributed by atoms with Gasteiger partial charge < -0.3 is 15.0 Å². The Labute approximate surface area is 151 Å². The maximum Gasteiger partial charge on any atom is 0.132 e. The SMILES string of the molecule is Cc1nc(C2CC(O)C2)cc(N(C)CCc2nc3ccc(F)cc3[nH]2)n1. The number of hydrogen-bond donors (Lipinski definition) is 2. The number of aromatic nitrogens is 4. The van der Waals surface area contributed by atoms with Gasteiger partial charge in [0, 0.05) is 37.7 Å². The fourth-order valence-electron chi connectivity index (χ4n) is 3.35. The first kappa shape index (κ1) is 16.9. The third-order valence-electron chi connectivity index (χ3n) is 4.94. The molecule has 26 heavy (non-hydrogen) atoms. The van der Waals surface area contributed by atoms with Crippen LogP contribution in [0.5, 0.6) is 0 Å². The molecule has 3 aromatic rings. The number of aliphatic hydroxyl groups is 1. The summed E-state index contributed by atoms with van der Waals surface area (Å²) < 4.78 is 13.3. The largest absolute Gasteiger partial charge is 0.393 e. The van der Waals surface area contributed by atoms with Crippen LogP contribution in [0.1, 0.15) is 36.1 Å². The molecule has 136 valence electrons. The van der Waals surface area contributed by atoms with E-state index in [1.54, 1.807) is 6.07 Å². The van der Waals surface area contributed by atoms with Crippen molar-refractivity contribution in [2.45, 2.75) is 38.2 Å². The topological polar surface area (TPSA) is 77.9 Å². The van der Waals surface area contributed by atoms with Gasteiger partial charge in [-0.15, -0.1) is 0 Å². The molecule has 4 rings (SSSR count). The molecule has 2 N–H and O–H groups in total. The number of nitrogens with one attached hydrogen (secondary N) is 1. The van der Waals surface area contributed by atoms with Crippen LogP contribution in [0, 0.1) is 12.7 Å². The average molecular weight is 355 g/mol. The van der Waals surface area contributed by atoms with Crippen molar-refractivity contribution < 1.29 is 9.50 Å². The predicted octanol–water partition coefficient (Wildman–Crippen LogP) is 2.72. The summed E-state index contributed by atoms with van der Waals surface area (Å²) >= 11 is 0. The average Bonchev–Trinajstić information content (AvgIpc) is 2.98. The molecule has 1 aliphatic carbocycles. The summed E-state index contributed by atoms with van der Waals surface area (Å²) in [5.41, 5.74) is 2.49. The van der Waals surface area contributed by atoms with E-state index in [0.29, 0.717) is 17.9 Å². The molecule has 0 spiro atoms. The van der Waals surface area contributed by atoms with E-state index in [9.17, 15) is 9.50 Å². The van der Waals surface area contributed by atoms with E-state index < -0.39 is 0 Å². The number of halogens is 1. The second-order valence-electron chi connectivity index (χ2n) is 7.04. The second-order valence-corrected chi connectivity index (χ2v) is 7.04. The molecule has 1 saturated carbocycles. The zero-order chi connectivity index (χ0) is 18.3. The third-order valence-corrected chi connectivity index (χ3v) is 4.94. The lowest BCUT2D eigenvalue weighted by Gasteiger charge is -2.31. The zero-order valence-corrected chi connectivity index (χ0v) is 14.9. The minimum atomic E-state index is -0.269. The fourth-order valence-corrected chi connectivity index (χ4v) is 3.35. The van der Waals surface area contributed by atoms with Crippen LogP contribution >= 0.6 is 0 Å². The van der Waals surface area contributed by atoms with E-state index in [-0.39, 0.29) is 11.9 Å². The van der Waals surface area contributed by atoms with Gasteiger partial charge >= 0.3 is 0 Å². The van der Waals surface area contributed by atoms with E-state index in [0.717, 1.165) is 48.1 Å². The van der Waals surface area contributed by atoms with Crippen LogP contribution < -0.4 is 4.90 Å². The zero-order valence-electron chi connectivity index (χ0n) is 14.9. The monoisotopic (exact) mass is 355 g/mol. The number of nitrogens with zero attached hydrogens (tertiary/aromatic N) is 4. The van der Waals surface area contributed by atoms with E-state index in [1.807, 2.05) is 20.0 Å². The van der Waals surface area contributed by atoms with Crippen molar-refractivity contribution in [3.63, 3.8) is 0 Å². The lowest BCUT2D eigenvalue weighted by atomic mass is 9.80. The number of imidazole rings is 1. The summed E-state index contributed by atoms with van der Waals surface area (Å²) in [7, 11) is 1.99. The lowest BCUT2D eigenvalue weighted by Crippen LogP contribution is -2.28. The minimum Gasteiger partial charge on any atom is -0.393 e. The Balaban J connectivity index is 1.46. The first-order chi connectivity index (χ1) is 12.5. The van der Waals surface area contributed by atoms with Crippen molar-refractivity contribution >= 4 is 16.9 Å². The molecule has 0 unspecified atom stereocenters. The first-order valence-electron chi connectivity index (χ1n) is 8.87. The number of aryl methyl sites for hydroxylation is 1. The van der Waals surface area contributed by atoms with Crippen molar-refractivity contribution in [3.05, 3.63) is 47.4 Å². The number of H-pyrrole nitrogens is 1. The Kier molecular flexibility index (Phi) is 4.32.